The molecule has 5 heteroatoms. The zero-order valence-corrected chi connectivity index (χ0v) is 10.2. The zero-order valence-electron chi connectivity index (χ0n) is 9.40. The Bertz CT molecular complexity index is 241. The maximum Gasteiger partial charge on any atom is 0.0669 e. The van der Waals surface area contributed by atoms with E-state index in [9.17, 15) is 0 Å². The van der Waals surface area contributed by atoms with Crippen LogP contribution in [-0.4, -0.2) is 29.8 Å². The van der Waals surface area contributed by atoms with Gasteiger partial charge in [0.25, 0.3) is 0 Å². The van der Waals surface area contributed by atoms with Crippen LogP contribution in [-0.2, 0) is 4.74 Å². The van der Waals surface area contributed by atoms with E-state index in [2.05, 4.69) is 21.8 Å². The van der Waals surface area contributed by atoms with Crippen LogP contribution in [0.2, 0.25) is 0 Å². The Hall–Kier alpha value is -0.520. The fourth-order valence-corrected chi connectivity index (χ4v) is 2.03. The Balaban J connectivity index is 2.39. The van der Waals surface area contributed by atoms with Gasteiger partial charge in [0.05, 0.1) is 11.1 Å². The summed E-state index contributed by atoms with van der Waals surface area (Å²) in [6, 6.07) is 0.389. The molecule has 1 rings (SSSR count). The second-order valence-electron chi connectivity index (χ2n) is 3.46. The molecule has 0 fully saturated rings. The monoisotopic (exact) mass is 229 g/mol. The predicted octanol–water partition coefficient (Wildman–Crippen LogP) is 2.01. The van der Waals surface area contributed by atoms with E-state index in [0.29, 0.717) is 6.04 Å². The third kappa shape index (κ3) is 4.68. The number of nitrogens with one attached hydrogen (secondary N) is 1. The highest BCUT2D eigenvalue weighted by Gasteiger charge is 2.12. The van der Waals surface area contributed by atoms with E-state index >= 15 is 0 Å². The molecule has 0 bridgehead atoms. The lowest BCUT2D eigenvalue weighted by molar-refractivity contribution is 0.189. The van der Waals surface area contributed by atoms with Gasteiger partial charge in [0.2, 0.25) is 0 Å². The zero-order chi connectivity index (χ0) is 10.9. The van der Waals surface area contributed by atoms with Gasteiger partial charge in [-0.25, -0.2) is 0 Å². The molecule has 0 amide bonds. The Morgan fingerprint density at radius 1 is 1.60 bits per heavy atom. The Labute approximate surface area is 95.2 Å². The van der Waals surface area contributed by atoms with Crippen LogP contribution < -0.4 is 5.32 Å². The number of aromatic nitrogens is 2. The van der Waals surface area contributed by atoms with Crippen LogP contribution in [0.15, 0.2) is 6.20 Å². The largest absolute Gasteiger partial charge is 0.385 e. The topological polar surface area (TPSA) is 47.0 Å². The summed E-state index contributed by atoms with van der Waals surface area (Å²) in [6.07, 6.45) is 5.14. The first-order valence-corrected chi connectivity index (χ1v) is 6.15. The summed E-state index contributed by atoms with van der Waals surface area (Å²) in [6.45, 7) is 4.02. The van der Waals surface area contributed by atoms with Crippen molar-refractivity contribution in [1.82, 2.24) is 14.9 Å². The van der Waals surface area contributed by atoms with Crippen LogP contribution in [0.25, 0.3) is 0 Å². The van der Waals surface area contributed by atoms with Gasteiger partial charge in [-0.05, 0) is 37.3 Å². The first-order valence-electron chi connectivity index (χ1n) is 5.38. The minimum Gasteiger partial charge on any atom is -0.385 e. The van der Waals surface area contributed by atoms with Gasteiger partial charge in [0.15, 0.2) is 0 Å². The lowest BCUT2D eigenvalue weighted by Crippen LogP contribution is -2.21. The maximum atomic E-state index is 5.06. The number of nitrogens with zero attached hydrogens (tertiary/aromatic N) is 2. The van der Waals surface area contributed by atoms with Crippen LogP contribution in [0.1, 0.15) is 37.1 Å². The normalized spacial score (nSPS) is 12.9. The average molecular weight is 229 g/mol. The van der Waals surface area contributed by atoms with E-state index in [0.717, 1.165) is 32.4 Å². The van der Waals surface area contributed by atoms with Gasteiger partial charge < -0.3 is 10.1 Å². The fourth-order valence-electron chi connectivity index (χ4n) is 1.42. The maximum absolute atomic E-state index is 5.06. The van der Waals surface area contributed by atoms with E-state index in [-0.39, 0.29) is 0 Å². The van der Waals surface area contributed by atoms with E-state index in [1.165, 1.54) is 16.4 Å². The molecular formula is C10H19N3OS. The molecule has 1 aromatic heterocycles. The van der Waals surface area contributed by atoms with Crippen molar-refractivity contribution in [3.8, 4) is 0 Å². The first-order chi connectivity index (χ1) is 7.38. The molecule has 0 radical (unpaired) electrons. The van der Waals surface area contributed by atoms with Gasteiger partial charge in [0.1, 0.15) is 0 Å². The van der Waals surface area contributed by atoms with Crippen molar-refractivity contribution in [3.63, 3.8) is 0 Å². The molecule has 0 aliphatic rings. The van der Waals surface area contributed by atoms with Crippen LogP contribution in [0.3, 0.4) is 0 Å². The number of hydrogen-bond acceptors (Lipinski definition) is 5. The highest BCUT2D eigenvalue weighted by Crippen LogP contribution is 2.20. The summed E-state index contributed by atoms with van der Waals surface area (Å²) in [5.74, 6) is 0. The molecule has 86 valence electrons. The third-order valence-corrected chi connectivity index (χ3v) is 2.98. The molecule has 1 atom stereocenters. The van der Waals surface area contributed by atoms with Gasteiger partial charge in [-0.1, -0.05) is 11.4 Å². The van der Waals surface area contributed by atoms with Crippen LogP contribution in [0.5, 0.6) is 0 Å². The standard InChI is InChI=1S/C10H19N3OS/c1-3-6-11-9(5-4-7-14-2)10-8-12-13-15-10/h8-9,11H,3-7H2,1-2H3. The number of rotatable bonds is 8. The van der Waals surface area contributed by atoms with Crippen molar-refractivity contribution >= 4 is 11.5 Å². The molecule has 0 aliphatic heterocycles. The minimum atomic E-state index is 0.389. The van der Waals surface area contributed by atoms with Gasteiger partial charge in [0, 0.05) is 19.8 Å². The second kappa shape index (κ2) is 7.73. The summed E-state index contributed by atoms with van der Waals surface area (Å²) < 4.78 is 8.96. The van der Waals surface area contributed by atoms with Crippen molar-refractivity contribution in [2.75, 3.05) is 20.3 Å². The van der Waals surface area contributed by atoms with Crippen LogP contribution in [0, 0.1) is 0 Å². The predicted molar refractivity (Wildman–Crippen MR) is 62.1 cm³/mol. The highest BCUT2D eigenvalue weighted by atomic mass is 32.1. The van der Waals surface area contributed by atoms with Gasteiger partial charge in [-0.15, -0.1) is 5.10 Å². The summed E-state index contributed by atoms with van der Waals surface area (Å²) >= 11 is 1.48. The van der Waals surface area contributed by atoms with Crippen molar-refractivity contribution < 1.29 is 4.74 Å². The van der Waals surface area contributed by atoms with Gasteiger partial charge in [-0.3, -0.25) is 0 Å². The van der Waals surface area contributed by atoms with Crippen LogP contribution >= 0.6 is 11.5 Å². The summed E-state index contributed by atoms with van der Waals surface area (Å²) in [5.41, 5.74) is 0. The van der Waals surface area contributed by atoms with Crippen molar-refractivity contribution in [3.05, 3.63) is 11.1 Å². The molecular weight excluding hydrogens is 210 g/mol. The van der Waals surface area contributed by atoms with E-state index in [1.807, 2.05) is 6.20 Å². The van der Waals surface area contributed by atoms with E-state index < -0.39 is 0 Å². The molecule has 0 aromatic carbocycles. The molecule has 0 aliphatic carbocycles. The summed E-state index contributed by atoms with van der Waals surface area (Å²) in [5, 5.41) is 7.38. The molecule has 15 heavy (non-hydrogen) atoms. The summed E-state index contributed by atoms with van der Waals surface area (Å²) in [7, 11) is 1.74. The number of hydrogen-bond donors (Lipinski definition) is 1. The molecule has 0 saturated carbocycles. The Morgan fingerprint density at radius 2 is 2.47 bits per heavy atom. The van der Waals surface area contributed by atoms with Crippen molar-refractivity contribution in [2.45, 2.75) is 32.2 Å². The first kappa shape index (κ1) is 12.5. The van der Waals surface area contributed by atoms with Crippen LogP contribution in [0.4, 0.5) is 0 Å². The molecule has 0 saturated heterocycles. The molecule has 1 unspecified atom stereocenters. The Morgan fingerprint density at radius 3 is 3.07 bits per heavy atom. The molecule has 1 heterocycles. The molecule has 0 spiro atoms. The number of ether oxygens (including phenoxy) is 1. The third-order valence-electron chi connectivity index (χ3n) is 2.20. The lowest BCUT2D eigenvalue weighted by atomic mass is 10.1. The van der Waals surface area contributed by atoms with Crippen molar-refractivity contribution in [1.29, 1.82) is 0 Å². The molecule has 1 N–H and O–H groups in total. The average Bonchev–Trinajstić information content (AvgIpc) is 2.76. The smallest absolute Gasteiger partial charge is 0.0669 e. The SMILES string of the molecule is CCCNC(CCCOC)c1cnns1. The minimum absolute atomic E-state index is 0.389. The lowest BCUT2D eigenvalue weighted by Gasteiger charge is -2.15. The van der Waals surface area contributed by atoms with Crippen molar-refractivity contribution in [2.24, 2.45) is 0 Å². The fraction of sp³-hybridized carbons (Fsp3) is 0.800. The molecule has 1 aromatic rings. The summed E-state index contributed by atoms with van der Waals surface area (Å²) in [4.78, 5) is 1.22. The molecule has 4 nitrogen and oxygen atoms in total. The van der Waals surface area contributed by atoms with Gasteiger partial charge >= 0.3 is 0 Å². The van der Waals surface area contributed by atoms with E-state index in [1.54, 1.807) is 7.11 Å². The van der Waals surface area contributed by atoms with Gasteiger partial charge in [-0.2, -0.15) is 0 Å². The van der Waals surface area contributed by atoms with E-state index in [4.69, 9.17) is 4.74 Å². The quantitative estimate of drug-likeness (QED) is 0.693. The highest BCUT2D eigenvalue weighted by molar-refractivity contribution is 7.05. The second-order valence-corrected chi connectivity index (χ2v) is 4.28. The Kier molecular flexibility index (Phi) is 6.47. The number of methoxy groups -OCH3 is 1.